The highest BCUT2D eigenvalue weighted by atomic mass is 19.1. The summed E-state index contributed by atoms with van der Waals surface area (Å²) in [4.78, 5) is 13.7. The number of H-pyrrole nitrogens is 1. The zero-order valence-electron chi connectivity index (χ0n) is 10.1. The van der Waals surface area contributed by atoms with Gasteiger partial charge in [0.1, 0.15) is 11.5 Å². The van der Waals surface area contributed by atoms with Gasteiger partial charge >= 0.3 is 5.97 Å². The molecule has 3 aromatic rings. The van der Waals surface area contributed by atoms with Gasteiger partial charge in [-0.3, -0.25) is 0 Å². The van der Waals surface area contributed by atoms with Crippen LogP contribution in [-0.2, 0) is 7.05 Å². The minimum absolute atomic E-state index is 0.112. The second kappa shape index (κ2) is 3.98. The van der Waals surface area contributed by atoms with Crippen LogP contribution >= 0.6 is 0 Å². The maximum Gasteiger partial charge on any atom is 0.352 e. The summed E-state index contributed by atoms with van der Waals surface area (Å²) in [6.45, 7) is 0. The van der Waals surface area contributed by atoms with Gasteiger partial charge in [-0.25, -0.2) is 9.18 Å². The smallest absolute Gasteiger partial charge is 0.352 e. The summed E-state index contributed by atoms with van der Waals surface area (Å²) in [5.74, 6) is -1.31. The van der Waals surface area contributed by atoms with Gasteiger partial charge in [-0.05, 0) is 24.3 Å². The molecule has 0 saturated carbocycles. The number of halogens is 1. The van der Waals surface area contributed by atoms with Crippen molar-refractivity contribution in [2.45, 2.75) is 0 Å². The maximum atomic E-state index is 13.8. The lowest BCUT2D eigenvalue weighted by atomic mass is 10.2. The summed E-state index contributed by atoms with van der Waals surface area (Å²) >= 11 is 0. The van der Waals surface area contributed by atoms with Crippen molar-refractivity contribution >= 4 is 16.9 Å². The van der Waals surface area contributed by atoms with Crippen LogP contribution in [0.4, 0.5) is 4.39 Å². The predicted molar refractivity (Wildman–Crippen MR) is 69.6 cm³/mol. The lowest BCUT2D eigenvalue weighted by Crippen LogP contribution is -1.97. The lowest BCUT2D eigenvalue weighted by molar-refractivity contribution is 0.0691. The van der Waals surface area contributed by atoms with E-state index < -0.39 is 5.97 Å². The van der Waals surface area contributed by atoms with Crippen LogP contribution < -0.4 is 0 Å². The van der Waals surface area contributed by atoms with Crippen LogP contribution in [0.2, 0.25) is 0 Å². The van der Waals surface area contributed by atoms with Crippen molar-refractivity contribution < 1.29 is 14.3 Å². The molecule has 0 aliphatic heterocycles. The molecule has 19 heavy (non-hydrogen) atoms. The minimum Gasteiger partial charge on any atom is -0.477 e. The number of carboxylic acid groups (broad SMARTS) is 1. The Morgan fingerprint density at radius 2 is 2.11 bits per heavy atom. The zero-order chi connectivity index (χ0) is 13.6. The molecule has 0 radical (unpaired) electrons. The maximum absolute atomic E-state index is 13.8. The SMILES string of the molecule is Cn1c(-c2ccc(C(=O)O)[nH]2)cc2cccc(F)c21. The molecule has 4 nitrogen and oxygen atoms in total. The van der Waals surface area contributed by atoms with E-state index in [9.17, 15) is 9.18 Å². The molecule has 0 unspecified atom stereocenters. The Balaban J connectivity index is 2.22. The standard InChI is InChI=1S/C14H11FN2O2/c1-17-12(10-5-6-11(16-10)14(18)19)7-8-3-2-4-9(15)13(8)17/h2-7,16H,1H3,(H,18,19). The number of aromatic carboxylic acids is 1. The fourth-order valence-electron chi connectivity index (χ4n) is 2.29. The van der Waals surface area contributed by atoms with E-state index in [2.05, 4.69) is 4.98 Å². The zero-order valence-corrected chi connectivity index (χ0v) is 10.1. The normalized spacial score (nSPS) is 11.1. The van der Waals surface area contributed by atoms with E-state index in [0.717, 1.165) is 11.1 Å². The van der Waals surface area contributed by atoms with Gasteiger partial charge in [0, 0.05) is 12.4 Å². The number of aromatic amines is 1. The van der Waals surface area contributed by atoms with Gasteiger partial charge in [-0.2, -0.15) is 0 Å². The monoisotopic (exact) mass is 258 g/mol. The Morgan fingerprint density at radius 1 is 1.32 bits per heavy atom. The van der Waals surface area contributed by atoms with Gasteiger partial charge in [-0.15, -0.1) is 0 Å². The Labute approximate surface area is 108 Å². The summed E-state index contributed by atoms with van der Waals surface area (Å²) in [6.07, 6.45) is 0. The Hall–Kier alpha value is -2.56. The Kier molecular flexibility index (Phi) is 2.41. The van der Waals surface area contributed by atoms with Crippen LogP contribution in [0.1, 0.15) is 10.5 Å². The minimum atomic E-state index is -1.02. The molecule has 1 aromatic carbocycles. The fourth-order valence-corrected chi connectivity index (χ4v) is 2.29. The number of nitrogens with zero attached hydrogens (tertiary/aromatic N) is 1. The van der Waals surface area contributed by atoms with Gasteiger partial charge < -0.3 is 14.7 Å². The summed E-state index contributed by atoms with van der Waals surface area (Å²) in [6, 6.07) is 9.88. The highest BCUT2D eigenvalue weighted by Crippen LogP contribution is 2.28. The van der Waals surface area contributed by atoms with Crippen molar-refractivity contribution in [3.63, 3.8) is 0 Å². The Morgan fingerprint density at radius 3 is 2.74 bits per heavy atom. The fraction of sp³-hybridized carbons (Fsp3) is 0.0714. The molecule has 0 aliphatic carbocycles. The average molecular weight is 258 g/mol. The van der Waals surface area contributed by atoms with Crippen LogP contribution in [0.15, 0.2) is 36.4 Å². The number of carboxylic acids is 1. The molecule has 2 aromatic heterocycles. The number of aryl methyl sites for hydroxylation is 1. The molecule has 3 rings (SSSR count). The molecule has 0 amide bonds. The van der Waals surface area contributed by atoms with Gasteiger partial charge in [-0.1, -0.05) is 12.1 Å². The van der Waals surface area contributed by atoms with Crippen LogP contribution in [0.5, 0.6) is 0 Å². The second-order valence-corrected chi connectivity index (χ2v) is 4.36. The lowest BCUT2D eigenvalue weighted by Gasteiger charge is -2.02. The summed E-state index contributed by atoms with van der Waals surface area (Å²) in [7, 11) is 1.75. The first kappa shape index (κ1) is 11.5. The van der Waals surface area contributed by atoms with Crippen LogP contribution in [0.3, 0.4) is 0 Å². The third-order valence-electron chi connectivity index (χ3n) is 3.20. The van der Waals surface area contributed by atoms with Crippen molar-refractivity contribution in [1.29, 1.82) is 0 Å². The molecule has 0 fully saturated rings. The first-order valence-corrected chi connectivity index (χ1v) is 5.74. The molecule has 0 bridgehead atoms. The molecule has 0 spiro atoms. The van der Waals surface area contributed by atoms with E-state index in [1.54, 1.807) is 23.7 Å². The van der Waals surface area contributed by atoms with E-state index >= 15 is 0 Å². The summed E-state index contributed by atoms with van der Waals surface area (Å²) in [5, 5.41) is 9.68. The van der Waals surface area contributed by atoms with Crippen molar-refractivity contribution in [2.24, 2.45) is 7.05 Å². The molecule has 5 heteroatoms. The van der Waals surface area contributed by atoms with E-state index in [1.165, 1.54) is 12.1 Å². The molecule has 2 N–H and O–H groups in total. The second-order valence-electron chi connectivity index (χ2n) is 4.36. The van der Waals surface area contributed by atoms with Crippen molar-refractivity contribution in [3.8, 4) is 11.4 Å². The predicted octanol–water partition coefficient (Wildman–Crippen LogP) is 3.01. The first-order chi connectivity index (χ1) is 9.08. The van der Waals surface area contributed by atoms with Crippen molar-refractivity contribution in [3.05, 3.63) is 47.9 Å². The number of rotatable bonds is 2. The van der Waals surface area contributed by atoms with Crippen molar-refractivity contribution in [1.82, 2.24) is 9.55 Å². The average Bonchev–Trinajstić information content (AvgIpc) is 2.95. The van der Waals surface area contributed by atoms with E-state index in [1.807, 2.05) is 12.1 Å². The topological polar surface area (TPSA) is 58.0 Å². The third kappa shape index (κ3) is 1.71. The third-order valence-corrected chi connectivity index (χ3v) is 3.20. The van der Waals surface area contributed by atoms with E-state index in [-0.39, 0.29) is 11.5 Å². The molecule has 2 heterocycles. The van der Waals surface area contributed by atoms with Gasteiger partial charge in [0.05, 0.1) is 16.9 Å². The number of hydrogen-bond acceptors (Lipinski definition) is 1. The summed E-state index contributed by atoms with van der Waals surface area (Å²) < 4.78 is 15.5. The van der Waals surface area contributed by atoms with Crippen LogP contribution in [0, 0.1) is 5.82 Å². The largest absolute Gasteiger partial charge is 0.477 e. The van der Waals surface area contributed by atoms with Crippen molar-refractivity contribution in [2.75, 3.05) is 0 Å². The molecule has 0 aliphatic rings. The molecular formula is C14H11FN2O2. The van der Waals surface area contributed by atoms with Crippen LogP contribution in [-0.4, -0.2) is 20.6 Å². The molecule has 96 valence electrons. The quantitative estimate of drug-likeness (QED) is 0.742. The highest BCUT2D eigenvalue weighted by Gasteiger charge is 2.13. The number of aromatic nitrogens is 2. The number of carbonyl (C=O) groups is 1. The van der Waals surface area contributed by atoms with E-state index in [4.69, 9.17) is 5.11 Å². The number of para-hydroxylation sites is 1. The van der Waals surface area contributed by atoms with E-state index in [0.29, 0.717) is 11.2 Å². The van der Waals surface area contributed by atoms with Gasteiger partial charge in [0.2, 0.25) is 0 Å². The number of fused-ring (bicyclic) bond motifs is 1. The van der Waals surface area contributed by atoms with Gasteiger partial charge in [0.25, 0.3) is 0 Å². The molecule has 0 atom stereocenters. The first-order valence-electron chi connectivity index (χ1n) is 5.74. The molecule has 0 saturated heterocycles. The van der Waals surface area contributed by atoms with Gasteiger partial charge in [0.15, 0.2) is 0 Å². The Bertz CT molecular complexity index is 786. The highest BCUT2D eigenvalue weighted by molar-refractivity contribution is 5.89. The number of hydrogen-bond donors (Lipinski definition) is 2. The molecular weight excluding hydrogens is 247 g/mol. The number of benzene rings is 1. The summed E-state index contributed by atoms with van der Waals surface area (Å²) in [5.41, 5.74) is 2.01. The van der Waals surface area contributed by atoms with Crippen LogP contribution in [0.25, 0.3) is 22.3 Å². The number of nitrogens with one attached hydrogen (secondary N) is 1.